The van der Waals surface area contributed by atoms with Gasteiger partial charge in [0.2, 0.25) is 0 Å². The Kier molecular flexibility index (Phi) is 3.17. The number of hydrogen-bond donors (Lipinski definition) is 1. The number of piperidine rings is 1. The highest BCUT2D eigenvalue weighted by Crippen LogP contribution is 2.30. The van der Waals surface area contributed by atoms with Gasteiger partial charge in [-0.3, -0.25) is 4.90 Å². The van der Waals surface area contributed by atoms with Crippen LogP contribution in [0.2, 0.25) is 0 Å². The molecule has 3 heteroatoms. The van der Waals surface area contributed by atoms with Crippen LogP contribution in [0.3, 0.4) is 0 Å². The van der Waals surface area contributed by atoms with E-state index in [1.54, 1.807) is 0 Å². The fraction of sp³-hybridized carbons (Fsp3) is 1.00. The molecule has 0 spiro atoms. The van der Waals surface area contributed by atoms with E-state index < -0.39 is 0 Å². The summed E-state index contributed by atoms with van der Waals surface area (Å²) in [6, 6.07) is 1.26. The Morgan fingerprint density at radius 3 is 2.92 bits per heavy atom. The minimum Gasteiger partial charge on any atom is -0.327 e. The van der Waals surface area contributed by atoms with Crippen molar-refractivity contribution in [2.75, 3.05) is 18.8 Å². The third kappa shape index (κ3) is 2.39. The summed E-state index contributed by atoms with van der Waals surface area (Å²) in [4.78, 5) is 2.62. The Balaban J connectivity index is 1.85. The molecule has 0 aliphatic carbocycles. The van der Waals surface area contributed by atoms with Crippen LogP contribution >= 0.6 is 11.8 Å². The van der Waals surface area contributed by atoms with E-state index in [0.717, 1.165) is 17.8 Å². The average molecular weight is 200 g/mol. The van der Waals surface area contributed by atoms with Crippen molar-refractivity contribution in [3.8, 4) is 0 Å². The van der Waals surface area contributed by atoms with Gasteiger partial charge in [-0.2, -0.15) is 11.8 Å². The van der Waals surface area contributed by atoms with Crippen molar-refractivity contribution < 1.29 is 0 Å². The number of rotatable bonds is 1. The van der Waals surface area contributed by atoms with Gasteiger partial charge in [-0.1, -0.05) is 6.92 Å². The van der Waals surface area contributed by atoms with Gasteiger partial charge in [-0.25, -0.2) is 0 Å². The van der Waals surface area contributed by atoms with Gasteiger partial charge in [0.25, 0.3) is 0 Å². The van der Waals surface area contributed by atoms with E-state index in [1.165, 1.54) is 31.6 Å². The Morgan fingerprint density at radius 1 is 1.46 bits per heavy atom. The van der Waals surface area contributed by atoms with Crippen LogP contribution in [0.1, 0.15) is 26.2 Å². The first kappa shape index (κ1) is 9.81. The van der Waals surface area contributed by atoms with Crippen LogP contribution in [0, 0.1) is 0 Å². The number of likely N-dealkylation sites (tertiary alicyclic amines) is 1. The van der Waals surface area contributed by atoms with Crippen LogP contribution in [0.15, 0.2) is 0 Å². The predicted molar refractivity (Wildman–Crippen MR) is 59.1 cm³/mol. The van der Waals surface area contributed by atoms with Gasteiger partial charge < -0.3 is 5.73 Å². The highest BCUT2D eigenvalue weighted by atomic mass is 32.2. The molecule has 2 aliphatic rings. The van der Waals surface area contributed by atoms with E-state index in [0.29, 0.717) is 6.04 Å². The maximum absolute atomic E-state index is 5.98. The molecule has 0 radical (unpaired) electrons. The Bertz CT molecular complexity index is 174. The summed E-state index contributed by atoms with van der Waals surface area (Å²) in [6.45, 7) is 4.76. The van der Waals surface area contributed by atoms with Crippen LogP contribution in [0.5, 0.6) is 0 Å². The second kappa shape index (κ2) is 4.20. The molecule has 2 N–H and O–H groups in total. The number of nitrogens with two attached hydrogens (primary N) is 1. The van der Waals surface area contributed by atoms with Crippen molar-refractivity contribution in [3.63, 3.8) is 0 Å². The summed E-state index contributed by atoms with van der Waals surface area (Å²) < 4.78 is 0. The van der Waals surface area contributed by atoms with E-state index >= 15 is 0 Å². The summed E-state index contributed by atoms with van der Waals surface area (Å²) in [5.74, 6) is 1.33. The van der Waals surface area contributed by atoms with E-state index in [1.807, 2.05) is 0 Å². The first-order valence-electron chi connectivity index (χ1n) is 5.37. The fourth-order valence-electron chi connectivity index (χ4n) is 2.42. The van der Waals surface area contributed by atoms with Gasteiger partial charge >= 0.3 is 0 Å². The van der Waals surface area contributed by atoms with E-state index in [2.05, 4.69) is 23.6 Å². The molecule has 2 saturated heterocycles. The number of thioether (sulfide) groups is 1. The standard InChI is InChI=1S/C10H20N2S/c1-8-5-10(7-13-8)12-4-2-3-9(11)6-12/h8-10H,2-7,11H2,1H3. The Morgan fingerprint density at radius 2 is 2.31 bits per heavy atom. The summed E-state index contributed by atoms with van der Waals surface area (Å²) in [5, 5.41) is 0.864. The van der Waals surface area contributed by atoms with Crippen molar-refractivity contribution in [1.82, 2.24) is 4.90 Å². The second-order valence-corrected chi connectivity index (χ2v) is 5.90. The number of nitrogens with zero attached hydrogens (tertiary/aromatic N) is 1. The Hall–Kier alpha value is 0.270. The lowest BCUT2D eigenvalue weighted by Crippen LogP contribution is -2.47. The summed E-state index contributed by atoms with van der Waals surface area (Å²) >= 11 is 2.12. The van der Waals surface area contributed by atoms with Crippen LogP contribution < -0.4 is 5.73 Å². The van der Waals surface area contributed by atoms with Crippen molar-refractivity contribution in [3.05, 3.63) is 0 Å². The SMILES string of the molecule is CC1CC(N2CCCC(N)C2)CS1. The van der Waals surface area contributed by atoms with Crippen molar-refractivity contribution in [2.45, 2.75) is 43.5 Å². The van der Waals surface area contributed by atoms with E-state index in [-0.39, 0.29) is 0 Å². The zero-order chi connectivity index (χ0) is 9.26. The molecule has 0 aromatic rings. The predicted octanol–water partition coefficient (Wildman–Crippen LogP) is 1.30. The lowest BCUT2D eigenvalue weighted by molar-refractivity contribution is 0.159. The highest BCUT2D eigenvalue weighted by Gasteiger charge is 2.29. The first-order valence-corrected chi connectivity index (χ1v) is 6.42. The minimum atomic E-state index is 0.439. The van der Waals surface area contributed by atoms with Gasteiger partial charge in [0.1, 0.15) is 0 Å². The van der Waals surface area contributed by atoms with Gasteiger partial charge in [-0.05, 0) is 25.8 Å². The molecule has 0 saturated carbocycles. The molecule has 3 atom stereocenters. The molecule has 2 aliphatic heterocycles. The topological polar surface area (TPSA) is 29.3 Å². The molecule has 2 nitrogen and oxygen atoms in total. The lowest BCUT2D eigenvalue weighted by Gasteiger charge is -2.35. The minimum absolute atomic E-state index is 0.439. The lowest BCUT2D eigenvalue weighted by atomic mass is 10.0. The van der Waals surface area contributed by atoms with Crippen molar-refractivity contribution in [2.24, 2.45) is 5.73 Å². The largest absolute Gasteiger partial charge is 0.327 e. The molecule has 2 fully saturated rings. The average Bonchev–Trinajstić information content (AvgIpc) is 2.52. The smallest absolute Gasteiger partial charge is 0.0197 e. The van der Waals surface area contributed by atoms with E-state index in [4.69, 9.17) is 5.73 Å². The normalized spacial score (nSPS) is 42.5. The highest BCUT2D eigenvalue weighted by molar-refractivity contribution is 8.00. The molecule has 0 aromatic heterocycles. The maximum Gasteiger partial charge on any atom is 0.0197 e. The molecule has 2 heterocycles. The summed E-state index contributed by atoms with van der Waals surface area (Å²) in [5.41, 5.74) is 5.98. The zero-order valence-electron chi connectivity index (χ0n) is 8.41. The summed E-state index contributed by atoms with van der Waals surface area (Å²) in [6.07, 6.45) is 3.90. The molecule has 76 valence electrons. The molecular formula is C10H20N2S. The van der Waals surface area contributed by atoms with Crippen LogP contribution in [0.4, 0.5) is 0 Å². The third-order valence-corrected chi connectivity index (χ3v) is 4.52. The molecule has 0 bridgehead atoms. The van der Waals surface area contributed by atoms with Gasteiger partial charge in [0.05, 0.1) is 0 Å². The second-order valence-electron chi connectivity index (χ2n) is 4.43. The van der Waals surface area contributed by atoms with Crippen LogP contribution in [-0.2, 0) is 0 Å². The zero-order valence-corrected chi connectivity index (χ0v) is 9.22. The third-order valence-electron chi connectivity index (χ3n) is 3.18. The van der Waals surface area contributed by atoms with Gasteiger partial charge in [0, 0.05) is 29.6 Å². The van der Waals surface area contributed by atoms with Crippen molar-refractivity contribution >= 4 is 11.8 Å². The molecule has 0 amide bonds. The molecule has 13 heavy (non-hydrogen) atoms. The molecule has 0 aromatic carbocycles. The number of hydrogen-bond acceptors (Lipinski definition) is 3. The Labute approximate surface area is 85.2 Å². The van der Waals surface area contributed by atoms with E-state index in [9.17, 15) is 0 Å². The molecule has 2 rings (SSSR count). The van der Waals surface area contributed by atoms with Crippen molar-refractivity contribution in [1.29, 1.82) is 0 Å². The van der Waals surface area contributed by atoms with Gasteiger partial charge in [-0.15, -0.1) is 0 Å². The monoisotopic (exact) mass is 200 g/mol. The fourth-order valence-corrected chi connectivity index (χ4v) is 3.68. The molecule has 3 unspecified atom stereocenters. The molecular weight excluding hydrogens is 180 g/mol. The first-order chi connectivity index (χ1) is 6.25. The maximum atomic E-state index is 5.98. The van der Waals surface area contributed by atoms with Gasteiger partial charge in [0.15, 0.2) is 0 Å². The van der Waals surface area contributed by atoms with Crippen LogP contribution in [-0.4, -0.2) is 41.1 Å². The quantitative estimate of drug-likeness (QED) is 0.692. The summed E-state index contributed by atoms with van der Waals surface area (Å²) in [7, 11) is 0. The van der Waals surface area contributed by atoms with Crippen LogP contribution in [0.25, 0.3) is 0 Å².